The highest BCUT2D eigenvalue weighted by molar-refractivity contribution is 7.80. The second-order valence-corrected chi connectivity index (χ2v) is 4.68. The maximum Gasteiger partial charge on any atom is 0.104 e. The largest absolute Gasteiger partial charge is 0.389 e. The van der Waals surface area contributed by atoms with Gasteiger partial charge in [0.15, 0.2) is 0 Å². The van der Waals surface area contributed by atoms with Gasteiger partial charge in [0.05, 0.1) is 10.7 Å². The van der Waals surface area contributed by atoms with Crippen molar-refractivity contribution in [3.05, 3.63) is 28.8 Å². The summed E-state index contributed by atoms with van der Waals surface area (Å²) in [6, 6.07) is 6.23. The minimum atomic E-state index is 0.382. The van der Waals surface area contributed by atoms with E-state index in [1.165, 1.54) is 19.3 Å². The highest BCUT2D eigenvalue weighted by atomic mass is 35.5. The van der Waals surface area contributed by atoms with Gasteiger partial charge in [-0.3, -0.25) is 0 Å². The van der Waals surface area contributed by atoms with Crippen LogP contribution in [0.15, 0.2) is 18.2 Å². The minimum Gasteiger partial charge on any atom is -0.389 e. The van der Waals surface area contributed by atoms with E-state index in [2.05, 4.69) is 5.32 Å². The smallest absolute Gasteiger partial charge is 0.104 e. The predicted molar refractivity (Wildman–Crippen MR) is 68.6 cm³/mol. The molecule has 0 heterocycles. The van der Waals surface area contributed by atoms with Crippen molar-refractivity contribution in [3.8, 4) is 0 Å². The summed E-state index contributed by atoms with van der Waals surface area (Å²) in [7, 11) is 0. The molecule has 1 aliphatic carbocycles. The Morgan fingerprint density at radius 1 is 1.47 bits per heavy atom. The van der Waals surface area contributed by atoms with Crippen molar-refractivity contribution in [2.45, 2.75) is 25.3 Å². The Labute approximate surface area is 99.8 Å². The van der Waals surface area contributed by atoms with Gasteiger partial charge in [0.25, 0.3) is 0 Å². The van der Waals surface area contributed by atoms with Gasteiger partial charge >= 0.3 is 0 Å². The van der Waals surface area contributed by atoms with E-state index in [1.807, 2.05) is 18.2 Å². The molecular formula is C11H13ClN2S. The van der Waals surface area contributed by atoms with Crippen molar-refractivity contribution in [1.29, 1.82) is 0 Å². The van der Waals surface area contributed by atoms with E-state index in [9.17, 15) is 0 Å². The van der Waals surface area contributed by atoms with Crippen LogP contribution in [0.1, 0.15) is 24.8 Å². The molecule has 2 nitrogen and oxygen atoms in total. The normalized spacial score (nSPS) is 15.8. The number of halogens is 1. The number of anilines is 1. The molecule has 2 rings (SSSR count). The molecule has 15 heavy (non-hydrogen) atoms. The molecule has 1 aromatic carbocycles. The molecule has 1 aromatic rings. The highest BCUT2D eigenvalue weighted by Crippen LogP contribution is 2.28. The number of benzene rings is 1. The van der Waals surface area contributed by atoms with Crippen LogP contribution in [0.5, 0.6) is 0 Å². The van der Waals surface area contributed by atoms with Crippen LogP contribution in [-0.4, -0.2) is 11.0 Å². The molecule has 0 saturated heterocycles. The third kappa shape index (κ3) is 2.41. The van der Waals surface area contributed by atoms with Gasteiger partial charge in [0.1, 0.15) is 4.99 Å². The summed E-state index contributed by atoms with van der Waals surface area (Å²) in [5.41, 5.74) is 7.31. The molecule has 0 unspecified atom stereocenters. The third-order valence-corrected chi connectivity index (χ3v) is 3.27. The molecule has 1 fully saturated rings. The lowest BCUT2D eigenvalue weighted by molar-refractivity contribution is 0.445. The average Bonchev–Trinajstić information content (AvgIpc) is 2.12. The monoisotopic (exact) mass is 240 g/mol. The first-order valence-corrected chi connectivity index (χ1v) is 5.81. The summed E-state index contributed by atoms with van der Waals surface area (Å²) in [4.78, 5) is 0.382. The fraction of sp³-hybridized carbons (Fsp3) is 0.364. The van der Waals surface area contributed by atoms with Crippen LogP contribution in [0.25, 0.3) is 0 Å². The van der Waals surface area contributed by atoms with Gasteiger partial charge in [-0.2, -0.15) is 0 Å². The van der Waals surface area contributed by atoms with Crippen LogP contribution < -0.4 is 11.1 Å². The second kappa shape index (κ2) is 4.37. The van der Waals surface area contributed by atoms with E-state index < -0.39 is 0 Å². The van der Waals surface area contributed by atoms with E-state index in [-0.39, 0.29) is 0 Å². The quantitative estimate of drug-likeness (QED) is 0.798. The molecule has 1 saturated carbocycles. The van der Waals surface area contributed by atoms with E-state index in [0.717, 1.165) is 11.3 Å². The van der Waals surface area contributed by atoms with Gasteiger partial charge in [-0.1, -0.05) is 23.8 Å². The van der Waals surface area contributed by atoms with Gasteiger partial charge in [-0.15, -0.1) is 0 Å². The molecule has 80 valence electrons. The zero-order chi connectivity index (χ0) is 10.8. The standard InChI is InChI=1S/C11H13ClN2S/c12-9-6-7(11(13)15)4-5-10(9)14-8-2-1-3-8/h4-6,8,14H,1-3H2,(H2,13,15). The Hall–Kier alpha value is -0.800. The van der Waals surface area contributed by atoms with E-state index >= 15 is 0 Å². The Morgan fingerprint density at radius 2 is 2.20 bits per heavy atom. The number of nitrogens with two attached hydrogens (primary N) is 1. The lowest BCUT2D eigenvalue weighted by Gasteiger charge is -2.28. The van der Waals surface area contributed by atoms with Gasteiger partial charge in [-0.05, 0) is 37.5 Å². The number of hydrogen-bond acceptors (Lipinski definition) is 2. The van der Waals surface area contributed by atoms with Crippen molar-refractivity contribution in [1.82, 2.24) is 0 Å². The van der Waals surface area contributed by atoms with Gasteiger partial charge in [-0.25, -0.2) is 0 Å². The Bertz CT molecular complexity index is 388. The summed E-state index contributed by atoms with van der Waals surface area (Å²) in [6.07, 6.45) is 3.76. The molecule has 3 N–H and O–H groups in total. The average molecular weight is 241 g/mol. The topological polar surface area (TPSA) is 38.0 Å². The van der Waals surface area contributed by atoms with Gasteiger partial charge in [0, 0.05) is 11.6 Å². The lowest BCUT2D eigenvalue weighted by atomic mass is 9.93. The maximum atomic E-state index is 6.12. The van der Waals surface area contributed by atoms with E-state index in [0.29, 0.717) is 16.1 Å². The van der Waals surface area contributed by atoms with Crippen LogP contribution in [0.4, 0.5) is 5.69 Å². The first kappa shape index (κ1) is 10.7. The molecule has 0 radical (unpaired) electrons. The molecule has 0 atom stereocenters. The predicted octanol–water partition coefficient (Wildman–Crippen LogP) is 2.94. The summed E-state index contributed by atoms with van der Waals surface area (Å²) >= 11 is 11.0. The summed E-state index contributed by atoms with van der Waals surface area (Å²) < 4.78 is 0. The van der Waals surface area contributed by atoms with Crippen molar-refractivity contribution in [2.75, 3.05) is 5.32 Å². The summed E-state index contributed by atoms with van der Waals surface area (Å²) in [5, 5.41) is 4.08. The zero-order valence-corrected chi connectivity index (χ0v) is 9.87. The molecule has 1 aliphatic rings. The molecule has 0 aromatic heterocycles. The molecule has 0 spiro atoms. The maximum absolute atomic E-state index is 6.12. The Kier molecular flexibility index (Phi) is 3.12. The number of rotatable bonds is 3. The first-order valence-electron chi connectivity index (χ1n) is 5.02. The molecular weight excluding hydrogens is 228 g/mol. The van der Waals surface area contributed by atoms with Crippen LogP contribution >= 0.6 is 23.8 Å². The highest BCUT2D eigenvalue weighted by Gasteiger charge is 2.17. The van der Waals surface area contributed by atoms with Crippen molar-refractivity contribution >= 4 is 34.5 Å². The lowest BCUT2D eigenvalue weighted by Crippen LogP contribution is -2.27. The Morgan fingerprint density at radius 3 is 2.67 bits per heavy atom. The van der Waals surface area contributed by atoms with Crippen LogP contribution in [-0.2, 0) is 0 Å². The molecule has 4 heteroatoms. The first-order chi connectivity index (χ1) is 7.16. The zero-order valence-electron chi connectivity index (χ0n) is 8.29. The fourth-order valence-electron chi connectivity index (χ4n) is 1.56. The fourth-order valence-corrected chi connectivity index (χ4v) is 1.92. The summed E-state index contributed by atoms with van der Waals surface area (Å²) in [5.74, 6) is 0. The van der Waals surface area contributed by atoms with Crippen LogP contribution in [0.3, 0.4) is 0 Å². The number of nitrogens with one attached hydrogen (secondary N) is 1. The Balaban J connectivity index is 2.14. The van der Waals surface area contributed by atoms with Gasteiger partial charge in [0.2, 0.25) is 0 Å². The molecule has 0 amide bonds. The van der Waals surface area contributed by atoms with Crippen molar-refractivity contribution < 1.29 is 0 Å². The second-order valence-electron chi connectivity index (χ2n) is 3.83. The minimum absolute atomic E-state index is 0.382. The number of thiocarbonyl (C=S) groups is 1. The number of hydrogen-bond donors (Lipinski definition) is 2. The van der Waals surface area contributed by atoms with Gasteiger partial charge < -0.3 is 11.1 Å². The third-order valence-electron chi connectivity index (χ3n) is 2.72. The summed E-state index contributed by atoms with van der Waals surface area (Å²) in [6.45, 7) is 0. The van der Waals surface area contributed by atoms with Crippen molar-refractivity contribution in [3.63, 3.8) is 0 Å². The van der Waals surface area contributed by atoms with E-state index in [4.69, 9.17) is 29.6 Å². The van der Waals surface area contributed by atoms with Crippen molar-refractivity contribution in [2.24, 2.45) is 5.73 Å². The van der Waals surface area contributed by atoms with Crippen LogP contribution in [0, 0.1) is 0 Å². The van der Waals surface area contributed by atoms with E-state index in [1.54, 1.807) is 0 Å². The van der Waals surface area contributed by atoms with Crippen LogP contribution in [0.2, 0.25) is 5.02 Å². The molecule has 0 aliphatic heterocycles. The molecule has 0 bridgehead atoms. The SMILES string of the molecule is NC(=S)c1ccc(NC2CCC2)c(Cl)c1.